The Labute approximate surface area is 126 Å². The molecule has 3 rings (SSSR count). The lowest BCUT2D eigenvalue weighted by molar-refractivity contribution is 0.664. The molecule has 0 radical (unpaired) electrons. The van der Waals surface area contributed by atoms with Crippen LogP contribution in [-0.2, 0) is 0 Å². The highest BCUT2D eigenvalue weighted by molar-refractivity contribution is 5.64. The second kappa shape index (κ2) is 5.82. The summed E-state index contributed by atoms with van der Waals surface area (Å²) in [5.74, 6) is 0.809. The minimum Gasteiger partial charge on any atom is -0.337 e. The van der Waals surface area contributed by atoms with Crippen molar-refractivity contribution in [2.75, 3.05) is 18.0 Å². The quantitative estimate of drug-likeness (QED) is 0.940. The highest BCUT2D eigenvalue weighted by Crippen LogP contribution is 2.26. The minimum absolute atomic E-state index is 0.374. The van der Waals surface area contributed by atoms with Crippen LogP contribution in [0.4, 0.5) is 5.95 Å². The fraction of sp³-hybridized carbons (Fsp3) is 0.412. The van der Waals surface area contributed by atoms with E-state index >= 15 is 0 Å². The maximum absolute atomic E-state index is 5.86. The van der Waals surface area contributed by atoms with Crippen molar-refractivity contribution in [1.29, 1.82) is 0 Å². The lowest BCUT2D eigenvalue weighted by Crippen LogP contribution is -2.36. The predicted molar refractivity (Wildman–Crippen MR) is 86.4 cm³/mol. The normalized spacial score (nSPS) is 18.2. The molecule has 4 heteroatoms. The van der Waals surface area contributed by atoms with Gasteiger partial charge >= 0.3 is 0 Å². The fourth-order valence-electron chi connectivity index (χ4n) is 2.92. The molecule has 0 aliphatic carbocycles. The monoisotopic (exact) mass is 282 g/mol. The molecular weight excluding hydrogens is 260 g/mol. The smallest absolute Gasteiger partial charge is 0.226 e. The van der Waals surface area contributed by atoms with Crippen molar-refractivity contribution in [2.24, 2.45) is 5.73 Å². The molecule has 2 heterocycles. The molecule has 0 saturated carbocycles. The molecule has 4 nitrogen and oxygen atoms in total. The van der Waals surface area contributed by atoms with Crippen molar-refractivity contribution >= 4 is 5.95 Å². The minimum atomic E-state index is 0.374. The number of aromatic nitrogens is 2. The SMILES string of the molecule is Cc1ccc(-c2nc(N3CCCC3CN)ncc2C)cc1. The molecule has 1 fully saturated rings. The number of nitrogens with two attached hydrogens (primary N) is 1. The summed E-state index contributed by atoms with van der Waals surface area (Å²) in [6.45, 7) is 5.82. The van der Waals surface area contributed by atoms with Gasteiger partial charge in [0.25, 0.3) is 0 Å². The van der Waals surface area contributed by atoms with Gasteiger partial charge in [-0.3, -0.25) is 0 Å². The Morgan fingerprint density at radius 1 is 1.24 bits per heavy atom. The molecule has 21 heavy (non-hydrogen) atoms. The molecule has 1 saturated heterocycles. The molecule has 1 aromatic heterocycles. The van der Waals surface area contributed by atoms with Crippen LogP contribution in [0.15, 0.2) is 30.5 Å². The van der Waals surface area contributed by atoms with Gasteiger partial charge < -0.3 is 10.6 Å². The lowest BCUT2D eigenvalue weighted by atomic mass is 10.1. The van der Waals surface area contributed by atoms with Gasteiger partial charge in [0.05, 0.1) is 5.69 Å². The van der Waals surface area contributed by atoms with E-state index in [2.05, 4.69) is 48.0 Å². The number of aryl methyl sites for hydroxylation is 2. The zero-order chi connectivity index (χ0) is 14.8. The van der Waals surface area contributed by atoms with Crippen LogP contribution < -0.4 is 10.6 Å². The van der Waals surface area contributed by atoms with E-state index in [1.165, 1.54) is 12.0 Å². The van der Waals surface area contributed by atoms with E-state index in [1.807, 2.05) is 6.20 Å². The first-order chi connectivity index (χ1) is 10.2. The second-order valence-corrected chi connectivity index (χ2v) is 5.79. The summed E-state index contributed by atoms with van der Waals surface area (Å²) in [5.41, 5.74) is 10.4. The maximum atomic E-state index is 5.86. The van der Waals surface area contributed by atoms with E-state index in [0.717, 1.165) is 35.7 Å². The van der Waals surface area contributed by atoms with Crippen molar-refractivity contribution in [2.45, 2.75) is 32.7 Å². The Kier molecular flexibility index (Phi) is 3.88. The molecule has 1 aliphatic heterocycles. The molecule has 1 atom stereocenters. The number of benzene rings is 1. The van der Waals surface area contributed by atoms with Crippen LogP contribution in [0.25, 0.3) is 11.3 Å². The molecule has 110 valence electrons. The van der Waals surface area contributed by atoms with Crippen molar-refractivity contribution < 1.29 is 0 Å². The van der Waals surface area contributed by atoms with Gasteiger partial charge in [-0.15, -0.1) is 0 Å². The first-order valence-corrected chi connectivity index (χ1v) is 7.56. The van der Waals surface area contributed by atoms with Gasteiger partial charge in [-0.1, -0.05) is 29.8 Å². The van der Waals surface area contributed by atoms with Gasteiger partial charge in [0.2, 0.25) is 5.95 Å². The van der Waals surface area contributed by atoms with Crippen LogP contribution in [0.5, 0.6) is 0 Å². The largest absolute Gasteiger partial charge is 0.337 e. The molecule has 2 N–H and O–H groups in total. The highest BCUT2D eigenvalue weighted by atomic mass is 15.3. The number of anilines is 1. The Bertz CT molecular complexity index is 621. The maximum Gasteiger partial charge on any atom is 0.226 e. The van der Waals surface area contributed by atoms with E-state index in [0.29, 0.717) is 12.6 Å². The number of hydrogen-bond donors (Lipinski definition) is 1. The van der Waals surface area contributed by atoms with Crippen LogP contribution >= 0.6 is 0 Å². The van der Waals surface area contributed by atoms with Crippen LogP contribution in [-0.4, -0.2) is 29.1 Å². The molecule has 1 aliphatic rings. The van der Waals surface area contributed by atoms with Gasteiger partial charge in [0.1, 0.15) is 0 Å². The van der Waals surface area contributed by atoms with Crippen LogP contribution in [0.1, 0.15) is 24.0 Å². The zero-order valence-corrected chi connectivity index (χ0v) is 12.7. The third kappa shape index (κ3) is 2.76. The van der Waals surface area contributed by atoms with Crippen molar-refractivity contribution in [1.82, 2.24) is 9.97 Å². The molecule has 0 spiro atoms. The fourth-order valence-corrected chi connectivity index (χ4v) is 2.92. The molecule has 0 amide bonds. The zero-order valence-electron chi connectivity index (χ0n) is 12.7. The van der Waals surface area contributed by atoms with Gasteiger partial charge in [-0.05, 0) is 32.3 Å². The van der Waals surface area contributed by atoms with Gasteiger partial charge in [-0.25, -0.2) is 9.97 Å². The van der Waals surface area contributed by atoms with Crippen molar-refractivity contribution in [3.63, 3.8) is 0 Å². The predicted octanol–water partition coefficient (Wildman–Crippen LogP) is 2.69. The Balaban J connectivity index is 1.98. The summed E-state index contributed by atoms with van der Waals surface area (Å²) < 4.78 is 0. The van der Waals surface area contributed by atoms with E-state index < -0.39 is 0 Å². The van der Waals surface area contributed by atoms with E-state index in [-0.39, 0.29) is 0 Å². The highest BCUT2D eigenvalue weighted by Gasteiger charge is 2.25. The second-order valence-electron chi connectivity index (χ2n) is 5.79. The average molecular weight is 282 g/mol. The van der Waals surface area contributed by atoms with Crippen LogP contribution in [0.3, 0.4) is 0 Å². The van der Waals surface area contributed by atoms with Crippen LogP contribution in [0.2, 0.25) is 0 Å². The number of nitrogens with zero attached hydrogens (tertiary/aromatic N) is 3. The van der Waals surface area contributed by atoms with Crippen molar-refractivity contribution in [3.8, 4) is 11.3 Å². The standard InChI is InChI=1S/C17H22N4/c1-12-5-7-14(8-6-12)16-13(2)11-19-17(20-16)21-9-3-4-15(21)10-18/h5-8,11,15H,3-4,9-10,18H2,1-2H3. The Hall–Kier alpha value is -1.94. The number of rotatable bonds is 3. The summed E-state index contributed by atoms with van der Waals surface area (Å²) in [5, 5.41) is 0. The van der Waals surface area contributed by atoms with Gasteiger partial charge in [0.15, 0.2) is 0 Å². The Morgan fingerprint density at radius 3 is 2.71 bits per heavy atom. The average Bonchev–Trinajstić information content (AvgIpc) is 2.97. The topological polar surface area (TPSA) is 55.0 Å². The van der Waals surface area contributed by atoms with E-state index in [1.54, 1.807) is 0 Å². The third-order valence-corrected chi connectivity index (χ3v) is 4.19. The molecule has 1 unspecified atom stereocenters. The van der Waals surface area contributed by atoms with E-state index in [9.17, 15) is 0 Å². The summed E-state index contributed by atoms with van der Waals surface area (Å²) in [4.78, 5) is 11.6. The van der Waals surface area contributed by atoms with Crippen molar-refractivity contribution in [3.05, 3.63) is 41.6 Å². The third-order valence-electron chi connectivity index (χ3n) is 4.19. The first-order valence-electron chi connectivity index (χ1n) is 7.56. The van der Waals surface area contributed by atoms with Gasteiger partial charge in [0, 0.05) is 30.9 Å². The summed E-state index contributed by atoms with van der Waals surface area (Å²) >= 11 is 0. The summed E-state index contributed by atoms with van der Waals surface area (Å²) in [7, 11) is 0. The summed E-state index contributed by atoms with van der Waals surface area (Å²) in [6.07, 6.45) is 4.22. The van der Waals surface area contributed by atoms with Crippen LogP contribution in [0, 0.1) is 13.8 Å². The van der Waals surface area contributed by atoms with Gasteiger partial charge in [-0.2, -0.15) is 0 Å². The molecule has 1 aromatic carbocycles. The first kappa shape index (κ1) is 14.0. The lowest BCUT2D eigenvalue weighted by Gasteiger charge is -2.24. The van der Waals surface area contributed by atoms with E-state index in [4.69, 9.17) is 10.7 Å². The molecular formula is C17H22N4. The molecule has 2 aromatic rings. The number of hydrogen-bond acceptors (Lipinski definition) is 4. The Morgan fingerprint density at radius 2 is 2.00 bits per heavy atom. The summed E-state index contributed by atoms with van der Waals surface area (Å²) in [6, 6.07) is 8.86. The molecule has 0 bridgehead atoms.